The van der Waals surface area contributed by atoms with E-state index in [2.05, 4.69) is 17.4 Å². The van der Waals surface area contributed by atoms with Gasteiger partial charge < -0.3 is 11.1 Å². The van der Waals surface area contributed by atoms with Crippen LogP contribution in [0.25, 0.3) is 21.8 Å². The number of nitrogens with two attached hydrogens (primary N) is 1. The lowest BCUT2D eigenvalue weighted by atomic mass is 9.97. The molecule has 1 amide bonds. The van der Waals surface area contributed by atoms with E-state index in [9.17, 15) is 4.79 Å². The van der Waals surface area contributed by atoms with Gasteiger partial charge in [0.05, 0.1) is 17.1 Å². The summed E-state index contributed by atoms with van der Waals surface area (Å²) in [5.74, 6) is -0.0901. The Morgan fingerprint density at radius 1 is 1.04 bits per heavy atom. The zero-order valence-corrected chi connectivity index (χ0v) is 14.1. The van der Waals surface area contributed by atoms with E-state index in [0.717, 1.165) is 28.2 Å². The lowest BCUT2D eigenvalue weighted by Crippen LogP contribution is -2.43. The van der Waals surface area contributed by atoms with Crippen molar-refractivity contribution in [1.82, 2.24) is 10.3 Å². The molecule has 0 radical (unpaired) electrons. The Labute approximate surface area is 142 Å². The van der Waals surface area contributed by atoms with Crippen molar-refractivity contribution in [3.8, 4) is 0 Å². The van der Waals surface area contributed by atoms with Crippen LogP contribution in [0.1, 0.15) is 25.8 Å². The van der Waals surface area contributed by atoms with Crippen LogP contribution in [-0.2, 0) is 11.2 Å². The molecule has 0 saturated heterocycles. The van der Waals surface area contributed by atoms with Crippen LogP contribution in [0.4, 0.5) is 0 Å². The summed E-state index contributed by atoms with van der Waals surface area (Å²) in [5.41, 5.74) is 9.24. The predicted molar refractivity (Wildman–Crippen MR) is 98.8 cm³/mol. The van der Waals surface area contributed by atoms with Crippen molar-refractivity contribution in [2.24, 2.45) is 5.73 Å². The van der Waals surface area contributed by atoms with Gasteiger partial charge in [-0.15, -0.1) is 0 Å². The lowest BCUT2D eigenvalue weighted by molar-refractivity contribution is -0.122. The second-order valence-corrected chi connectivity index (χ2v) is 6.43. The maximum atomic E-state index is 12.1. The monoisotopic (exact) mass is 321 g/mol. The average Bonchev–Trinajstić information content (AvgIpc) is 2.57. The molecule has 124 valence electrons. The maximum absolute atomic E-state index is 12.1. The van der Waals surface area contributed by atoms with E-state index < -0.39 is 6.04 Å². The molecule has 0 fully saturated rings. The van der Waals surface area contributed by atoms with Gasteiger partial charge in [-0.2, -0.15) is 0 Å². The first-order chi connectivity index (χ1) is 11.6. The number of rotatable bonds is 5. The Bertz CT molecular complexity index is 819. The highest BCUT2D eigenvalue weighted by Gasteiger charge is 2.16. The van der Waals surface area contributed by atoms with Crippen LogP contribution in [0.15, 0.2) is 48.5 Å². The van der Waals surface area contributed by atoms with E-state index in [1.165, 1.54) is 5.56 Å². The van der Waals surface area contributed by atoms with Crippen molar-refractivity contribution in [2.45, 2.75) is 38.8 Å². The molecule has 1 heterocycles. The Morgan fingerprint density at radius 3 is 2.12 bits per heavy atom. The third-order valence-electron chi connectivity index (χ3n) is 4.17. The van der Waals surface area contributed by atoms with Gasteiger partial charge in [-0.1, -0.05) is 36.4 Å². The number of nitrogens with one attached hydrogen (secondary N) is 1. The van der Waals surface area contributed by atoms with Crippen molar-refractivity contribution < 1.29 is 4.79 Å². The first-order valence-corrected chi connectivity index (χ1v) is 8.38. The van der Waals surface area contributed by atoms with Crippen molar-refractivity contribution in [1.29, 1.82) is 0 Å². The van der Waals surface area contributed by atoms with Gasteiger partial charge >= 0.3 is 0 Å². The van der Waals surface area contributed by atoms with E-state index in [0.29, 0.717) is 6.42 Å². The largest absolute Gasteiger partial charge is 0.353 e. The summed E-state index contributed by atoms with van der Waals surface area (Å²) in [7, 11) is 0. The average molecular weight is 321 g/mol. The molecule has 1 atom stereocenters. The molecule has 4 heteroatoms. The first kappa shape index (κ1) is 16.4. The zero-order valence-electron chi connectivity index (χ0n) is 14.1. The summed E-state index contributed by atoms with van der Waals surface area (Å²) < 4.78 is 0. The number of para-hydroxylation sites is 2. The van der Waals surface area contributed by atoms with Crippen LogP contribution >= 0.6 is 0 Å². The summed E-state index contributed by atoms with van der Waals surface area (Å²) in [6, 6.07) is 15.9. The van der Waals surface area contributed by atoms with E-state index in [-0.39, 0.29) is 11.9 Å². The number of hydrogen-bond donors (Lipinski definition) is 2. The third-order valence-corrected chi connectivity index (χ3v) is 4.17. The number of benzene rings is 2. The fourth-order valence-electron chi connectivity index (χ4n) is 3.02. The molecule has 0 aliphatic carbocycles. The van der Waals surface area contributed by atoms with E-state index in [4.69, 9.17) is 10.7 Å². The summed E-state index contributed by atoms with van der Waals surface area (Å²) in [4.78, 5) is 16.8. The topological polar surface area (TPSA) is 68.0 Å². The first-order valence-electron chi connectivity index (χ1n) is 8.38. The SMILES string of the molecule is CC(C)NC(=O)C(N)CCc1c2ccccc2nc2ccccc12. The lowest BCUT2D eigenvalue weighted by Gasteiger charge is -2.16. The Morgan fingerprint density at radius 2 is 1.58 bits per heavy atom. The van der Waals surface area contributed by atoms with Crippen LogP contribution in [-0.4, -0.2) is 23.0 Å². The van der Waals surface area contributed by atoms with E-state index in [1.54, 1.807) is 0 Å². The molecule has 3 aromatic rings. The highest BCUT2D eigenvalue weighted by atomic mass is 16.2. The summed E-state index contributed by atoms with van der Waals surface area (Å²) in [6.45, 7) is 3.88. The Hall–Kier alpha value is -2.46. The van der Waals surface area contributed by atoms with Crippen molar-refractivity contribution in [2.75, 3.05) is 0 Å². The normalized spacial score (nSPS) is 12.7. The third kappa shape index (κ3) is 3.39. The second kappa shape index (κ2) is 6.97. The van der Waals surface area contributed by atoms with Crippen LogP contribution in [0.2, 0.25) is 0 Å². The number of aryl methyl sites for hydroxylation is 1. The smallest absolute Gasteiger partial charge is 0.237 e. The highest BCUT2D eigenvalue weighted by molar-refractivity contribution is 5.97. The molecular weight excluding hydrogens is 298 g/mol. The molecule has 0 aliphatic rings. The van der Waals surface area contributed by atoms with Crippen LogP contribution in [0, 0.1) is 0 Å². The Kier molecular flexibility index (Phi) is 4.76. The molecule has 0 bridgehead atoms. The fraction of sp³-hybridized carbons (Fsp3) is 0.300. The highest BCUT2D eigenvalue weighted by Crippen LogP contribution is 2.27. The number of carbonyl (C=O) groups is 1. The molecule has 2 aromatic carbocycles. The molecule has 3 rings (SSSR count). The molecule has 0 saturated carbocycles. The van der Waals surface area contributed by atoms with Gasteiger partial charge in [0.1, 0.15) is 0 Å². The van der Waals surface area contributed by atoms with Gasteiger partial charge in [0.2, 0.25) is 5.91 Å². The summed E-state index contributed by atoms with van der Waals surface area (Å²) in [5, 5.41) is 5.14. The van der Waals surface area contributed by atoms with Gasteiger partial charge in [-0.3, -0.25) is 4.79 Å². The standard InChI is InChI=1S/C20H23N3O/c1-13(2)22-20(24)17(21)12-11-14-15-7-3-5-9-18(15)23-19-10-6-4-8-16(14)19/h3-10,13,17H,11-12,21H2,1-2H3,(H,22,24). The van der Waals surface area contributed by atoms with Crippen LogP contribution in [0.5, 0.6) is 0 Å². The molecule has 0 aliphatic heterocycles. The quantitative estimate of drug-likeness (QED) is 0.709. The molecule has 3 N–H and O–H groups in total. The number of nitrogens with zero attached hydrogens (tertiary/aromatic N) is 1. The molecule has 1 unspecified atom stereocenters. The second-order valence-electron chi connectivity index (χ2n) is 6.43. The van der Waals surface area contributed by atoms with E-state index in [1.807, 2.05) is 50.2 Å². The van der Waals surface area contributed by atoms with Gasteiger partial charge in [0.25, 0.3) is 0 Å². The minimum atomic E-state index is -0.502. The van der Waals surface area contributed by atoms with Crippen molar-refractivity contribution in [3.63, 3.8) is 0 Å². The number of amides is 1. The summed E-state index contributed by atoms with van der Waals surface area (Å²) in [6.07, 6.45) is 1.35. The molecule has 0 spiro atoms. The van der Waals surface area contributed by atoms with Gasteiger partial charge in [-0.25, -0.2) is 4.98 Å². The number of hydrogen-bond acceptors (Lipinski definition) is 3. The van der Waals surface area contributed by atoms with E-state index >= 15 is 0 Å². The van der Waals surface area contributed by atoms with Gasteiger partial charge in [0.15, 0.2) is 0 Å². The number of carbonyl (C=O) groups excluding carboxylic acids is 1. The van der Waals surface area contributed by atoms with Gasteiger partial charge in [-0.05, 0) is 44.4 Å². The number of pyridine rings is 1. The van der Waals surface area contributed by atoms with Gasteiger partial charge in [0, 0.05) is 16.8 Å². The fourth-order valence-corrected chi connectivity index (χ4v) is 3.02. The maximum Gasteiger partial charge on any atom is 0.237 e. The predicted octanol–water partition coefficient (Wildman–Crippen LogP) is 3.17. The number of fused-ring (bicyclic) bond motifs is 2. The Balaban J connectivity index is 1.93. The summed E-state index contributed by atoms with van der Waals surface area (Å²) >= 11 is 0. The molecule has 1 aromatic heterocycles. The number of aromatic nitrogens is 1. The molecular formula is C20H23N3O. The van der Waals surface area contributed by atoms with Crippen molar-refractivity contribution in [3.05, 3.63) is 54.1 Å². The van der Waals surface area contributed by atoms with Crippen LogP contribution < -0.4 is 11.1 Å². The molecule has 4 nitrogen and oxygen atoms in total. The molecule has 24 heavy (non-hydrogen) atoms. The minimum absolute atomic E-state index is 0.0901. The zero-order chi connectivity index (χ0) is 17.1. The minimum Gasteiger partial charge on any atom is -0.353 e. The van der Waals surface area contributed by atoms with Crippen LogP contribution in [0.3, 0.4) is 0 Å². The van der Waals surface area contributed by atoms with Crippen molar-refractivity contribution >= 4 is 27.7 Å².